The lowest BCUT2D eigenvalue weighted by Gasteiger charge is -2.19. The van der Waals surface area contributed by atoms with Crippen molar-refractivity contribution >= 4 is 0 Å². The number of hydrogen-bond acceptors (Lipinski definition) is 3. The summed E-state index contributed by atoms with van der Waals surface area (Å²) in [6.45, 7) is 3.42. The quantitative estimate of drug-likeness (QED) is 0.923. The molecule has 1 N–H and O–H groups in total. The lowest BCUT2D eigenvalue weighted by atomic mass is 10.1. The maximum Gasteiger partial charge on any atom is 0.151 e. The van der Waals surface area contributed by atoms with Crippen molar-refractivity contribution in [1.29, 1.82) is 0 Å². The molecule has 2 atom stereocenters. The van der Waals surface area contributed by atoms with Crippen molar-refractivity contribution in [1.82, 2.24) is 15.1 Å². The predicted octanol–water partition coefficient (Wildman–Crippen LogP) is 2.81. The molecule has 0 aliphatic carbocycles. The van der Waals surface area contributed by atoms with Crippen LogP contribution in [0.1, 0.15) is 25.5 Å². The van der Waals surface area contributed by atoms with E-state index >= 15 is 0 Å². The molecule has 4 nitrogen and oxygen atoms in total. The third-order valence-electron chi connectivity index (χ3n) is 3.94. The summed E-state index contributed by atoms with van der Waals surface area (Å²) >= 11 is 0. The summed E-state index contributed by atoms with van der Waals surface area (Å²) in [5.41, 5.74) is 0.577. The van der Waals surface area contributed by atoms with Gasteiger partial charge in [-0.15, -0.1) is 0 Å². The molecular formula is C16H19F2N3O. The van der Waals surface area contributed by atoms with Gasteiger partial charge in [0.25, 0.3) is 0 Å². The molecule has 1 aliphatic heterocycles. The normalized spacial score (nSPS) is 19.5. The van der Waals surface area contributed by atoms with Gasteiger partial charge in [0.05, 0.1) is 11.8 Å². The number of nitrogens with zero attached hydrogens (tertiary/aromatic N) is 2. The smallest absolute Gasteiger partial charge is 0.151 e. The molecule has 0 unspecified atom stereocenters. The summed E-state index contributed by atoms with van der Waals surface area (Å²) in [7, 11) is 0. The monoisotopic (exact) mass is 307 g/mol. The van der Waals surface area contributed by atoms with Crippen molar-refractivity contribution in [3.05, 3.63) is 47.8 Å². The van der Waals surface area contributed by atoms with Gasteiger partial charge in [-0.2, -0.15) is 5.10 Å². The van der Waals surface area contributed by atoms with Gasteiger partial charge in [-0.05, 0) is 38.0 Å². The summed E-state index contributed by atoms with van der Waals surface area (Å²) < 4.78 is 34.3. The van der Waals surface area contributed by atoms with E-state index in [0.717, 1.165) is 25.1 Å². The highest BCUT2D eigenvalue weighted by atomic mass is 19.1. The van der Waals surface area contributed by atoms with E-state index in [2.05, 4.69) is 17.3 Å². The first-order valence-electron chi connectivity index (χ1n) is 7.49. The number of ether oxygens (including phenoxy) is 1. The van der Waals surface area contributed by atoms with Crippen molar-refractivity contribution in [2.75, 3.05) is 6.61 Å². The third-order valence-corrected chi connectivity index (χ3v) is 3.94. The Morgan fingerprint density at radius 2 is 2.14 bits per heavy atom. The zero-order chi connectivity index (χ0) is 15.5. The second-order valence-corrected chi connectivity index (χ2v) is 5.54. The van der Waals surface area contributed by atoms with E-state index < -0.39 is 11.6 Å². The molecule has 1 fully saturated rings. The van der Waals surface area contributed by atoms with Crippen LogP contribution >= 0.6 is 0 Å². The van der Waals surface area contributed by atoms with Crippen LogP contribution in [-0.4, -0.2) is 28.5 Å². The minimum atomic E-state index is -0.629. The van der Waals surface area contributed by atoms with E-state index in [1.165, 1.54) is 22.9 Å². The van der Waals surface area contributed by atoms with Crippen molar-refractivity contribution < 1.29 is 13.5 Å². The van der Waals surface area contributed by atoms with E-state index in [1.54, 1.807) is 12.3 Å². The Hall–Kier alpha value is -1.79. The maximum absolute atomic E-state index is 13.7. The fourth-order valence-electron chi connectivity index (χ4n) is 2.68. The zero-order valence-corrected chi connectivity index (χ0v) is 12.4. The first-order valence-corrected chi connectivity index (χ1v) is 7.49. The Morgan fingerprint density at radius 1 is 1.36 bits per heavy atom. The van der Waals surface area contributed by atoms with Crippen LogP contribution in [0.15, 0.2) is 30.5 Å². The summed E-state index contributed by atoms with van der Waals surface area (Å²) in [6.07, 6.45) is 3.95. The molecule has 2 aromatic rings. The summed E-state index contributed by atoms with van der Waals surface area (Å²) in [5.74, 6) is -1.26. The Balaban J connectivity index is 1.66. The number of aromatic nitrogens is 2. The fourth-order valence-corrected chi connectivity index (χ4v) is 2.68. The van der Waals surface area contributed by atoms with Crippen molar-refractivity contribution in [2.24, 2.45) is 0 Å². The van der Waals surface area contributed by atoms with E-state index in [4.69, 9.17) is 4.74 Å². The summed E-state index contributed by atoms with van der Waals surface area (Å²) in [5, 5.41) is 7.58. The number of halogens is 2. The van der Waals surface area contributed by atoms with Crippen molar-refractivity contribution in [3.8, 4) is 5.69 Å². The SMILES string of the molecule is C[C@@H](NCc1ccn(-c2c(F)cccc2F)n1)[C@H]1CCCO1. The van der Waals surface area contributed by atoms with Gasteiger partial charge in [0.2, 0.25) is 0 Å². The molecule has 1 aromatic carbocycles. The van der Waals surface area contributed by atoms with Gasteiger partial charge in [0.1, 0.15) is 5.69 Å². The topological polar surface area (TPSA) is 39.1 Å². The molecule has 0 amide bonds. The predicted molar refractivity (Wildman–Crippen MR) is 78.8 cm³/mol. The van der Waals surface area contributed by atoms with Crippen LogP contribution in [0.4, 0.5) is 8.78 Å². The third kappa shape index (κ3) is 3.18. The second kappa shape index (κ2) is 6.54. The number of benzene rings is 1. The molecule has 6 heteroatoms. The average molecular weight is 307 g/mol. The van der Waals surface area contributed by atoms with Crippen LogP contribution in [0.2, 0.25) is 0 Å². The highest BCUT2D eigenvalue weighted by Gasteiger charge is 2.22. The summed E-state index contributed by atoms with van der Waals surface area (Å²) in [4.78, 5) is 0. The molecule has 0 bridgehead atoms. The molecule has 0 radical (unpaired) electrons. The number of rotatable bonds is 5. The van der Waals surface area contributed by atoms with Crippen LogP contribution in [0.5, 0.6) is 0 Å². The van der Waals surface area contributed by atoms with Gasteiger partial charge in [-0.25, -0.2) is 13.5 Å². The van der Waals surface area contributed by atoms with E-state index in [1.807, 2.05) is 0 Å². The van der Waals surface area contributed by atoms with Crippen LogP contribution in [0.3, 0.4) is 0 Å². The standard InChI is InChI=1S/C16H19F2N3O/c1-11(15-6-3-9-22-15)19-10-12-7-8-21(20-12)16-13(17)4-2-5-14(16)18/h2,4-5,7-8,11,15,19H,3,6,9-10H2,1H3/t11-,15-/m1/s1. The molecule has 1 aromatic heterocycles. The molecule has 0 spiro atoms. The van der Waals surface area contributed by atoms with Gasteiger partial charge in [-0.1, -0.05) is 6.07 Å². The number of nitrogens with one attached hydrogen (secondary N) is 1. The number of para-hydroxylation sites is 1. The van der Waals surface area contributed by atoms with E-state index in [0.29, 0.717) is 6.54 Å². The molecule has 2 heterocycles. The van der Waals surface area contributed by atoms with Crippen LogP contribution in [0, 0.1) is 11.6 Å². The first-order chi connectivity index (χ1) is 10.6. The highest BCUT2D eigenvalue weighted by Crippen LogP contribution is 2.18. The van der Waals surface area contributed by atoms with Crippen molar-refractivity contribution in [2.45, 2.75) is 38.5 Å². The Kier molecular flexibility index (Phi) is 4.49. The lowest BCUT2D eigenvalue weighted by Crippen LogP contribution is -2.36. The minimum Gasteiger partial charge on any atom is -0.377 e. The van der Waals surface area contributed by atoms with Gasteiger partial charge >= 0.3 is 0 Å². The highest BCUT2D eigenvalue weighted by molar-refractivity contribution is 5.34. The van der Waals surface area contributed by atoms with E-state index in [-0.39, 0.29) is 17.8 Å². The largest absolute Gasteiger partial charge is 0.377 e. The fraction of sp³-hybridized carbons (Fsp3) is 0.438. The number of hydrogen-bond donors (Lipinski definition) is 1. The molecule has 118 valence electrons. The van der Waals surface area contributed by atoms with Gasteiger partial charge in [-0.3, -0.25) is 0 Å². The summed E-state index contributed by atoms with van der Waals surface area (Å²) in [6, 6.07) is 5.75. The van der Waals surface area contributed by atoms with Crippen LogP contribution in [-0.2, 0) is 11.3 Å². The zero-order valence-electron chi connectivity index (χ0n) is 12.4. The van der Waals surface area contributed by atoms with Gasteiger partial charge in [0.15, 0.2) is 11.6 Å². The minimum absolute atomic E-state index is 0.152. The molecule has 22 heavy (non-hydrogen) atoms. The van der Waals surface area contributed by atoms with Gasteiger partial charge < -0.3 is 10.1 Å². The molecular weight excluding hydrogens is 288 g/mol. The van der Waals surface area contributed by atoms with Crippen molar-refractivity contribution in [3.63, 3.8) is 0 Å². The van der Waals surface area contributed by atoms with Crippen LogP contribution in [0.25, 0.3) is 5.69 Å². The molecule has 0 saturated carbocycles. The van der Waals surface area contributed by atoms with E-state index in [9.17, 15) is 8.78 Å². The molecule has 3 rings (SSSR count). The van der Waals surface area contributed by atoms with Gasteiger partial charge in [0, 0.05) is 25.4 Å². The molecule has 1 saturated heterocycles. The average Bonchev–Trinajstić information content (AvgIpc) is 3.16. The van der Waals surface area contributed by atoms with Crippen LogP contribution < -0.4 is 5.32 Å². The molecule has 1 aliphatic rings. The Bertz CT molecular complexity index is 618. The Morgan fingerprint density at radius 3 is 2.82 bits per heavy atom. The lowest BCUT2D eigenvalue weighted by molar-refractivity contribution is 0.0831. The maximum atomic E-state index is 13.7. The Labute approximate surface area is 128 Å². The first kappa shape index (κ1) is 15.1. The second-order valence-electron chi connectivity index (χ2n) is 5.54.